The van der Waals surface area contributed by atoms with E-state index in [2.05, 4.69) is 26.8 Å². The minimum atomic E-state index is 0.104. The second-order valence-corrected chi connectivity index (χ2v) is 4.61. The van der Waals surface area contributed by atoms with E-state index < -0.39 is 0 Å². The second-order valence-electron chi connectivity index (χ2n) is 4.61. The first kappa shape index (κ1) is 14.0. The van der Waals surface area contributed by atoms with E-state index in [4.69, 9.17) is 9.84 Å². The number of likely N-dealkylation sites (N-methyl/N-ethyl adjacent to an activating group) is 1. The fraction of sp³-hybridized carbons (Fsp3) is 0.571. The van der Waals surface area contributed by atoms with Crippen LogP contribution in [0.4, 0.5) is 0 Å². The van der Waals surface area contributed by atoms with Gasteiger partial charge in [-0.25, -0.2) is 0 Å². The Morgan fingerprint density at radius 1 is 1.24 bits per heavy atom. The minimum Gasteiger partial charge on any atom is -0.496 e. The maximum Gasteiger partial charge on any atom is 0.124 e. The standard InChI is InChI=1S/C14H23NO2/c1-10-8-13(6-7-15(4)9-16)11(2)12(3)14(10)17-5/h8,16H,6-7,9H2,1-5H3. The molecule has 0 aliphatic rings. The van der Waals surface area contributed by atoms with Crippen LogP contribution in [0.5, 0.6) is 5.75 Å². The highest BCUT2D eigenvalue weighted by atomic mass is 16.5. The van der Waals surface area contributed by atoms with E-state index in [0.717, 1.165) is 18.7 Å². The molecule has 0 saturated heterocycles. The van der Waals surface area contributed by atoms with Crippen LogP contribution in [0.3, 0.4) is 0 Å². The van der Waals surface area contributed by atoms with Crippen molar-refractivity contribution in [3.63, 3.8) is 0 Å². The first-order chi connectivity index (χ1) is 8.01. The molecule has 1 rings (SSSR count). The van der Waals surface area contributed by atoms with Gasteiger partial charge in [-0.3, -0.25) is 4.90 Å². The highest BCUT2D eigenvalue weighted by molar-refractivity contribution is 5.49. The molecule has 0 heterocycles. The van der Waals surface area contributed by atoms with Crippen LogP contribution in [0.2, 0.25) is 0 Å². The average Bonchev–Trinajstić information content (AvgIpc) is 2.32. The molecule has 0 aromatic heterocycles. The summed E-state index contributed by atoms with van der Waals surface area (Å²) >= 11 is 0. The summed E-state index contributed by atoms with van der Waals surface area (Å²) in [5.74, 6) is 0.988. The van der Waals surface area contributed by atoms with Crippen molar-refractivity contribution >= 4 is 0 Å². The molecule has 1 aromatic rings. The summed E-state index contributed by atoms with van der Waals surface area (Å²) in [6.45, 7) is 7.27. The Balaban J connectivity index is 2.94. The van der Waals surface area contributed by atoms with E-state index in [0.29, 0.717) is 0 Å². The van der Waals surface area contributed by atoms with Crippen LogP contribution in [0, 0.1) is 20.8 Å². The number of benzene rings is 1. The molecule has 0 amide bonds. The summed E-state index contributed by atoms with van der Waals surface area (Å²) < 4.78 is 5.41. The lowest BCUT2D eigenvalue weighted by molar-refractivity contribution is 0.134. The van der Waals surface area contributed by atoms with Gasteiger partial charge in [-0.15, -0.1) is 0 Å². The molecule has 0 saturated carbocycles. The van der Waals surface area contributed by atoms with Crippen molar-refractivity contribution in [1.29, 1.82) is 0 Å². The molecule has 0 unspecified atom stereocenters. The first-order valence-electron chi connectivity index (χ1n) is 5.94. The lowest BCUT2D eigenvalue weighted by Gasteiger charge is -2.18. The topological polar surface area (TPSA) is 32.7 Å². The normalized spacial score (nSPS) is 11.0. The number of aryl methyl sites for hydroxylation is 1. The molecule has 17 heavy (non-hydrogen) atoms. The number of rotatable bonds is 5. The van der Waals surface area contributed by atoms with Crippen molar-refractivity contribution in [2.75, 3.05) is 27.4 Å². The number of methoxy groups -OCH3 is 1. The van der Waals surface area contributed by atoms with E-state index in [9.17, 15) is 0 Å². The maximum absolute atomic E-state index is 8.98. The van der Waals surface area contributed by atoms with Gasteiger partial charge in [-0.2, -0.15) is 0 Å². The second kappa shape index (κ2) is 6.03. The van der Waals surface area contributed by atoms with Gasteiger partial charge in [0.1, 0.15) is 5.75 Å². The molecule has 0 bridgehead atoms. The Hall–Kier alpha value is -1.06. The summed E-state index contributed by atoms with van der Waals surface area (Å²) in [5, 5.41) is 8.98. The largest absolute Gasteiger partial charge is 0.496 e. The van der Waals surface area contributed by atoms with Crippen molar-refractivity contribution < 1.29 is 9.84 Å². The van der Waals surface area contributed by atoms with Crippen LogP contribution in [0.1, 0.15) is 22.3 Å². The van der Waals surface area contributed by atoms with Gasteiger partial charge in [0, 0.05) is 6.54 Å². The summed E-state index contributed by atoms with van der Waals surface area (Å²) in [7, 11) is 3.63. The van der Waals surface area contributed by atoms with Crippen LogP contribution in [-0.4, -0.2) is 37.4 Å². The fourth-order valence-electron chi connectivity index (χ4n) is 2.10. The van der Waals surface area contributed by atoms with Crippen molar-refractivity contribution in [1.82, 2.24) is 4.90 Å². The van der Waals surface area contributed by atoms with Crippen molar-refractivity contribution in [3.8, 4) is 5.75 Å². The number of aliphatic hydroxyl groups excluding tert-OH is 1. The molecule has 0 atom stereocenters. The molecule has 0 aliphatic heterocycles. The van der Waals surface area contributed by atoms with Gasteiger partial charge in [-0.1, -0.05) is 6.07 Å². The SMILES string of the molecule is COc1c(C)cc(CCN(C)CO)c(C)c1C. The number of hydrogen-bond donors (Lipinski definition) is 1. The predicted octanol–water partition coefficient (Wildman–Crippen LogP) is 2.04. The Labute approximate surface area is 104 Å². The van der Waals surface area contributed by atoms with Crippen LogP contribution in [0.15, 0.2) is 6.07 Å². The number of nitrogens with zero attached hydrogens (tertiary/aromatic N) is 1. The summed E-state index contributed by atoms with van der Waals surface area (Å²) in [6.07, 6.45) is 0.953. The van der Waals surface area contributed by atoms with Gasteiger partial charge in [0.25, 0.3) is 0 Å². The molecule has 0 spiro atoms. The molecule has 3 heteroatoms. The molecule has 0 radical (unpaired) electrons. The summed E-state index contributed by atoms with van der Waals surface area (Å²) in [4.78, 5) is 1.90. The number of aliphatic hydroxyl groups is 1. The van der Waals surface area contributed by atoms with E-state index in [1.807, 2.05) is 11.9 Å². The Morgan fingerprint density at radius 2 is 1.88 bits per heavy atom. The van der Waals surface area contributed by atoms with Crippen LogP contribution >= 0.6 is 0 Å². The number of ether oxygens (including phenoxy) is 1. The predicted molar refractivity (Wildman–Crippen MR) is 70.6 cm³/mol. The fourth-order valence-corrected chi connectivity index (χ4v) is 2.10. The molecular formula is C14H23NO2. The van der Waals surface area contributed by atoms with Crippen LogP contribution < -0.4 is 4.74 Å². The van der Waals surface area contributed by atoms with Gasteiger partial charge in [0.05, 0.1) is 13.8 Å². The molecule has 0 aliphatic carbocycles. The summed E-state index contributed by atoms with van der Waals surface area (Å²) in [6, 6.07) is 2.19. The molecule has 3 nitrogen and oxygen atoms in total. The van der Waals surface area contributed by atoms with Crippen molar-refractivity contribution in [3.05, 3.63) is 28.3 Å². The van der Waals surface area contributed by atoms with Gasteiger partial charge in [0.2, 0.25) is 0 Å². The third kappa shape index (κ3) is 3.20. The average molecular weight is 237 g/mol. The molecular weight excluding hydrogens is 214 g/mol. The number of hydrogen-bond acceptors (Lipinski definition) is 3. The zero-order valence-corrected chi connectivity index (χ0v) is 11.5. The van der Waals surface area contributed by atoms with E-state index in [1.54, 1.807) is 7.11 Å². The smallest absolute Gasteiger partial charge is 0.124 e. The Morgan fingerprint density at radius 3 is 2.41 bits per heavy atom. The third-order valence-corrected chi connectivity index (χ3v) is 3.34. The molecule has 0 fully saturated rings. The van der Waals surface area contributed by atoms with Crippen LogP contribution in [0.25, 0.3) is 0 Å². The molecule has 1 N–H and O–H groups in total. The van der Waals surface area contributed by atoms with Gasteiger partial charge in [-0.05, 0) is 56.5 Å². The zero-order valence-electron chi connectivity index (χ0n) is 11.5. The van der Waals surface area contributed by atoms with Crippen molar-refractivity contribution in [2.24, 2.45) is 0 Å². The van der Waals surface area contributed by atoms with E-state index >= 15 is 0 Å². The monoisotopic (exact) mass is 237 g/mol. The maximum atomic E-state index is 8.98. The lowest BCUT2D eigenvalue weighted by atomic mass is 9.96. The quantitative estimate of drug-likeness (QED) is 0.796. The molecule has 96 valence electrons. The van der Waals surface area contributed by atoms with E-state index in [-0.39, 0.29) is 6.73 Å². The third-order valence-electron chi connectivity index (χ3n) is 3.34. The van der Waals surface area contributed by atoms with Gasteiger partial charge in [0.15, 0.2) is 0 Å². The van der Waals surface area contributed by atoms with Gasteiger partial charge < -0.3 is 9.84 Å². The first-order valence-corrected chi connectivity index (χ1v) is 5.94. The highest BCUT2D eigenvalue weighted by Crippen LogP contribution is 2.28. The molecule has 1 aromatic carbocycles. The van der Waals surface area contributed by atoms with E-state index in [1.165, 1.54) is 22.3 Å². The lowest BCUT2D eigenvalue weighted by Crippen LogP contribution is -2.22. The summed E-state index contributed by atoms with van der Waals surface area (Å²) in [5.41, 5.74) is 5.02. The minimum absolute atomic E-state index is 0.104. The van der Waals surface area contributed by atoms with Crippen molar-refractivity contribution in [2.45, 2.75) is 27.2 Å². The highest BCUT2D eigenvalue weighted by Gasteiger charge is 2.10. The zero-order chi connectivity index (χ0) is 13.0. The van der Waals surface area contributed by atoms with Crippen LogP contribution in [-0.2, 0) is 6.42 Å². The Kier molecular flexibility index (Phi) is 4.97. The Bertz CT molecular complexity index is 388. The van der Waals surface area contributed by atoms with Gasteiger partial charge >= 0.3 is 0 Å².